The number of unbranched alkanes of at least 4 members (excludes halogenated alkanes) is 1. The molecule has 118 valence electrons. The zero-order valence-electron chi connectivity index (χ0n) is 13.4. The van der Waals surface area contributed by atoms with E-state index in [-0.39, 0.29) is 11.9 Å². The maximum Gasteiger partial charge on any atom is 0.260 e. The van der Waals surface area contributed by atoms with Crippen molar-refractivity contribution in [3.63, 3.8) is 0 Å². The van der Waals surface area contributed by atoms with Crippen LogP contribution in [0.3, 0.4) is 0 Å². The molecule has 0 saturated carbocycles. The molecular weight excluding hydrogens is 264 g/mol. The zero-order valence-corrected chi connectivity index (χ0v) is 13.4. The molecule has 0 saturated heterocycles. The summed E-state index contributed by atoms with van der Waals surface area (Å²) >= 11 is 0. The van der Waals surface area contributed by atoms with Crippen molar-refractivity contribution in [2.45, 2.75) is 58.6 Å². The number of rotatable bonds is 9. The summed E-state index contributed by atoms with van der Waals surface area (Å²) in [5, 5.41) is 2.87. The van der Waals surface area contributed by atoms with E-state index in [1.165, 1.54) is 5.56 Å². The maximum atomic E-state index is 11.8. The largest absolute Gasteiger partial charge is 0.481 e. The van der Waals surface area contributed by atoms with Gasteiger partial charge in [0.15, 0.2) is 6.10 Å². The lowest BCUT2D eigenvalue weighted by Gasteiger charge is -2.15. The van der Waals surface area contributed by atoms with Gasteiger partial charge in [-0.1, -0.05) is 32.4 Å². The summed E-state index contributed by atoms with van der Waals surface area (Å²) in [7, 11) is 0. The zero-order chi connectivity index (χ0) is 15.7. The molecular formula is C17H28N2O2. The first-order valence-electron chi connectivity index (χ1n) is 7.85. The van der Waals surface area contributed by atoms with Crippen molar-refractivity contribution in [1.29, 1.82) is 0 Å². The second kappa shape index (κ2) is 9.40. The number of amides is 1. The standard InChI is InChI=1S/C17H28N2O2/c1-4-6-11-19-17(20)13(3)21-16-9-7-14(8-10-16)12-15(18)5-2/h7-10,13,15H,4-6,11-12,18H2,1-3H3,(H,19,20). The van der Waals surface area contributed by atoms with Crippen LogP contribution in [0.1, 0.15) is 45.6 Å². The Balaban J connectivity index is 2.45. The molecule has 0 bridgehead atoms. The normalized spacial score (nSPS) is 13.5. The Morgan fingerprint density at radius 1 is 1.29 bits per heavy atom. The van der Waals surface area contributed by atoms with Crippen LogP contribution in [0.25, 0.3) is 0 Å². The Kier molecular flexibility index (Phi) is 7.83. The fourth-order valence-corrected chi connectivity index (χ4v) is 1.94. The van der Waals surface area contributed by atoms with Crippen LogP contribution >= 0.6 is 0 Å². The first kappa shape index (κ1) is 17.5. The van der Waals surface area contributed by atoms with Gasteiger partial charge in [-0.15, -0.1) is 0 Å². The highest BCUT2D eigenvalue weighted by molar-refractivity contribution is 5.80. The van der Waals surface area contributed by atoms with E-state index in [0.29, 0.717) is 12.3 Å². The Hall–Kier alpha value is -1.55. The van der Waals surface area contributed by atoms with Crippen LogP contribution < -0.4 is 15.8 Å². The lowest BCUT2D eigenvalue weighted by atomic mass is 10.0. The molecule has 0 aliphatic heterocycles. The number of nitrogens with one attached hydrogen (secondary N) is 1. The van der Waals surface area contributed by atoms with Crippen molar-refractivity contribution in [2.75, 3.05) is 6.54 Å². The second-order valence-electron chi connectivity index (χ2n) is 5.42. The van der Waals surface area contributed by atoms with Gasteiger partial charge in [-0.05, 0) is 43.9 Å². The molecule has 0 aliphatic rings. The predicted molar refractivity (Wildman–Crippen MR) is 86.4 cm³/mol. The molecule has 21 heavy (non-hydrogen) atoms. The van der Waals surface area contributed by atoms with Gasteiger partial charge in [-0.2, -0.15) is 0 Å². The van der Waals surface area contributed by atoms with Crippen LogP contribution in [0.2, 0.25) is 0 Å². The molecule has 1 aromatic rings. The lowest BCUT2D eigenvalue weighted by Crippen LogP contribution is -2.36. The van der Waals surface area contributed by atoms with Crippen molar-refractivity contribution in [1.82, 2.24) is 5.32 Å². The van der Waals surface area contributed by atoms with Crippen LogP contribution in [0, 0.1) is 0 Å². The van der Waals surface area contributed by atoms with Gasteiger partial charge in [0.25, 0.3) is 5.91 Å². The van der Waals surface area contributed by atoms with E-state index in [9.17, 15) is 4.79 Å². The van der Waals surface area contributed by atoms with Crippen LogP contribution in [-0.4, -0.2) is 24.6 Å². The number of benzene rings is 1. The maximum absolute atomic E-state index is 11.8. The number of nitrogens with two attached hydrogens (primary N) is 1. The fourth-order valence-electron chi connectivity index (χ4n) is 1.94. The molecule has 0 aromatic heterocycles. The third-order valence-electron chi connectivity index (χ3n) is 3.46. The molecule has 4 heteroatoms. The smallest absolute Gasteiger partial charge is 0.260 e. The van der Waals surface area contributed by atoms with Crippen molar-refractivity contribution >= 4 is 5.91 Å². The molecule has 0 aliphatic carbocycles. The Morgan fingerprint density at radius 3 is 2.52 bits per heavy atom. The summed E-state index contributed by atoms with van der Waals surface area (Å²) < 4.78 is 5.65. The summed E-state index contributed by atoms with van der Waals surface area (Å²) in [6, 6.07) is 8.00. The minimum atomic E-state index is -0.481. The number of hydrogen-bond acceptors (Lipinski definition) is 3. The van der Waals surface area contributed by atoms with Gasteiger partial charge >= 0.3 is 0 Å². The number of carbonyl (C=O) groups excluding carboxylic acids is 1. The third kappa shape index (κ3) is 6.63. The first-order valence-corrected chi connectivity index (χ1v) is 7.85. The Morgan fingerprint density at radius 2 is 1.95 bits per heavy atom. The summed E-state index contributed by atoms with van der Waals surface area (Å²) in [6.07, 6.45) is 3.41. The fraction of sp³-hybridized carbons (Fsp3) is 0.588. The van der Waals surface area contributed by atoms with E-state index in [2.05, 4.69) is 19.2 Å². The molecule has 1 aromatic carbocycles. The minimum absolute atomic E-state index is 0.0690. The average molecular weight is 292 g/mol. The van der Waals surface area contributed by atoms with Crippen LogP contribution in [0.5, 0.6) is 5.75 Å². The number of carbonyl (C=O) groups is 1. The van der Waals surface area contributed by atoms with E-state index >= 15 is 0 Å². The summed E-state index contributed by atoms with van der Waals surface area (Å²) in [6.45, 7) is 6.65. The average Bonchev–Trinajstić information content (AvgIpc) is 2.49. The van der Waals surface area contributed by atoms with Gasteiger partial charge < -0.3 is 15.8 Å². The highest BCUT2D eigenvalue weighted by Gasteiger charge is 2.13. The van der Waals surface area contributed by atoms with E-state index in [1.807, 2.05) is 24.3 Å². The number of ether oxygens (including phenoxy) is 1. The molecule has 4 nitrogen and oxygen atoms in total. The van der Waals surface area contributed by atoms with Gasteiger partial charge in [0.2, 0.25) is 0 Å². The highest BCUT2D eigenvalue weighted by Crippen LogP contribution is 2.15. The SMILES string of the molecule is CCCCNC(=O)C(C)Oc1ccc(CC(N)CC)cc1. The predicted octanol–water partition coefficient (Wildman–Crippen LogP) is 2.65. The molecule has 2 atom stereocenters. The van der Waals surface area contributed by atoms with E-state index in [4.69, 9.17) is 10.5 Å². The van der Waals surface area contributed by atoms with Crippen molar-refractivity contribution in [3.8, 4) is 5.75 Å². The van der Waals surface area contributed by atoms with Gasteiger partial charge in [0.05, 0.1) is 0 Å². The molecule has 0 fully saturated rings. The topological polar surface area (TPSA) is 64.3 Å². The molecule has 3 N–H and O–H groups in total. The molecule has 0 spiro atoms. The molecule has 0 heterocycles. The van der Waals surface area contributed by atoms with Crippen molar-refractivity contribution in [3.05, 3.63) is 29.8 Å². The summed E-state index contributed by atoms with van der Waals surface area (Å²) in [5.41, 5.74) is 7.13. The Labute approximate surface area is 128 Å². The van der Waals surface area contributed by atoms with Gasteiger partial charge in [-0.3, -0.25) is 4.79 Å². The van der Waals surface area contributed by atoms with Crippen LogP contribution in [0.4, 0.5) is 0 Å². The third-order valence-corrected chi connectivity index (χ3v) is 3.46. The lowest BCUT2D eigenvalue weighted by molar-refractivity contribution is -0.127. The van der Waals surface area contributed by atoms with Gasteiger partial charge in [-0.25, -0.2) is 0 Å². The van der Waals surface area contributed by atoms with E-state index in [1.54, 1.807) is 6.92 Å². The highest BCUT2D eigenvalue weighted by atomic mass is 16.5. The molecule has 2 unspecified atom stereocenters. The summed E-state index contributed by atoms with van der Waals surface area (Å²) in [5.74, 6) is 0.641. The van der Waals surface area contributed by atoms with Crippen molar-refractivity contribution in [2.24, 2.45) is 5.73 Å². The van der Waals surface area contributed by atoms with Crippen molar-refractivity contribution < 1.29 is 9.53 Å². The minimum Gasteiger partial charge on any atom is -0.481 e. The van der Waals surface area contributed by atoms with Crippen LogP contribution in [-0.2, 0) is 11.2 Å². The van der Waals surface area contributed by atoms with Gasteiger partial charge in [0, 0.05) is 12.6 Å². The molecule has 1 amide bonds. The van der Waals surface area contributed by atoms with Crippen LogP contribution in [0.15, 0.2) is 24.3 Å². The van der Waals surface area contributed by atoms with E-state index < -0.39 is 6.10 Å². The summed E-state index contributed by atoms with van der Waals surface area (Å²) in [4.78, 5) is 11.8. The number of hydrogen-bond donors (Lipinski definition) is 2. The Bertz CT molecular complexity index is 417. The monoisotopic (exact) mass is 292 g/mol. The van der Waals surface area contributed by atoms with Gasteiger partial charge in [0.1, 0.15) is 5.75 Å². The molecule has 1 rings (SSSR count). The molecule has 0 radical (unpaired) electrons. The van der Waals surface area contributed by atoms with E-state index in [0.717, 1.165) is 25.7 Å². The second-order valence-corrected chi connectivity index (χ2v) is 5.42. The quantitative estimate of drug-likeness (QED) is 0.688. The first-order chi connectivity index (χ1) is 10.1.